The van der Waals surface area contributed by atoms with Gasteiger partial charge in [-0.3, -0.25) is 0 Å². The maximum absolute atomic E-state index is 13.7. The monoisotopic (exact) mass is 1100 g/mol. The van der Waals surface area contributed by atoms with E-state index < -0.39 is 37.2 Å². The number of ether oxygens (including phenoxy) is 2. The molecule has 4 aromatic carbocycles. The second-order valence-corrected chi connectivity index (χ2v) is 38.8. The van der Waals surface area contributed by atoms with Crippen LogP contribution < -0.4 is 10.6 Å². The number of rotatable bonds is 20. The lowest BCUT2D eigenvalue weighted by Gasteiger charge is -2.18. The van der Waals surface area contributed by atoms with Crippen molar-refractivity contribution in [1.29, 1.82) is 0 Å². The lowest BCUT2D eigenvalue weighted by molar-refractivity contribution is 0.0778. The fourth-order valence-corrected chi connectivity index (χ4v) is 14.1. The van der Waals surface area contributed by atoms with Gasteiger partial charge in [0.2, 0.25) is 26.9 Å². The van der Waals surface area contributed by atoms with Crippen LogP contribution in [-0.4, -0.2) is 77.5 Å². The topological polar surface area (TPSA) is 179 Å². The summed E-state index contributed by atoms with van der Waals surface area (Å²) < 4.78 is 42.9. The van der Waals surface area contributed by atoms with Crippen LogP contribution in [0.1, 0.15) is 109 Å². The van der Waals surface area contributed by atoms with Crippen molar-refractivity contribution in [1.82, 2.24) is 29.5 Å². The van der Waals surface area contributed by atoms with E-state index in [-0.39, 0.29) is 16.8 Å². The normalized spacial score (nSPS) is 15.3. The van der Waals surface area contributed by atoms with Crippen LogP contribution in [0.2, 0.25) is 51.4 Å². The SMILES string of the molecule is CC(C)(O)c1cccc(S(=O)(=O)c2nc(Nc3c4c(cc5c3CCC5)CCC4)n(COCC[Si](C)(C)C)n2)c1.CC(C)(O)c1cccc(Sc2nc(Nc3c4c(cc5c3CCC5)CCC4)n(COCC[Si](C)(C)C)n2)c1. The predicted molar refractivity (Wildman–Crippen MR) is 309 cm³/mol. The molecule has 0 spiro atoms. The van der Waals surface area contributed by atoms with Crippen molar-refractivity contribution >= 4 is 61.0 Å². The second kappa shape index (κ2) is 22.6. The molecule has 2 heterocycles. The minimum absolute atomic E-state index is 0.0481. The summed E-state index contributed by atoms with van der Waals surface area (Å²) in [5.74, 6) is 1.11. The van der Waals surface area contributed by atoms with E-state index in [4.69, 9.17) is 19.6 Å². The highest BCUT2D eigenvalue weighted by atomic mass is 32.2. The van der Waals surface area contributed by atoms with Gasteiger partial charge in [-0.25, -0.2) is 17.8 Å². The number of anilines is 4. The van der Waals surface area contributed by atoms with E-state index in [9.17, 15) is 18.6 Å². The molecule has 2 aromatic heterocycles. The number of nitrogens with zero attached hydrogens (tertiary/aromatic N) is 6. The number of aromatic nitrogens is 6. The van der Waals surface area contributed by atoms with Crippen molar-refractivity contribution in [3.63, 3.8) is 0 Å². The Balaban J connectivity index is 0.000000186. The summed E-state index contributed by atoms with van der Waals surface area (Å²) >= 11 is 1.51. The molecule has 10 rings (SSSR count). The van der Waals surface area contributed by atoms with Gasteiger partial charge >= 0.3 is 0 Å². The summed E-state index contributed by atoms with van der Waals surface area (Å²) in [5.41, 5.74) is 12.9. The number of aliphatic hydroxyl groups is 2. The van der Waals surface area contributed by atoms with Gasteiger partial charge in [-0.15, -0.1) is 10.2 Å². The number of sulfone groups is 1. The standard InChI is InChI=1S/C29H40N4O4SSi.C29H40N4O2SSi/c1-29(2,34)22-11-8-12-23(18-22)38(35,36)28-31-27(33(32-28)19-37-15-16-39(3,4)5)30-26-24-13-6-9-20(24)17-21-10-7-14-25(21)26;1-29(2,34)22-11-8-12-23(18-22)36-28-31-27(33(32-28)19-35-15-16-37(3,4)5)30-26-24-13-6-9-20(24)17-21-10-7-14-25(21)26/h8,11-12,17-18,34H,6-7,9-10,13-16,19H2,1-5H3,(H,30,31,32);8,11-12,17-18,34H,6-7,9-10,13-16,19H2,1-5H3,(H,30,31,32). The summed E-state index contributed by atoms with van der Waals surface area (Å²) in [4.78, 5) is 10.5. The summed E-state index contributed by atoms with van der Waals surface area (Å²) in [6.07, 6.45) is 13.4. The van der Waals surface area contributed by atoms with Gasteiger partial charge in [-0.2, -0.15) is 9.97 Å². The molecular weight excluding hydrogens is 1020 g/mol. The molecule has 0 bridgehead atoms. The molecule has 4 aliphatic rings. The number of nitrogens with one attached hydrogen (secondary N) is 2. The Morgan fingerprint density at radius 1 is 0.592 bits per heavy atom. The molecule has 4 aliphatic carbocycles. The molecular formula is C58H80N8O6S2Si2. The first-order valence-corrected chi connectivity index (χ1v) is 37.1. The van der Waals surface area contributed by atoms with Gasteiger partial charge in [0.25, 0.3) is 5.16 Å². The lowest BCUT2D eigenvalue weighted by Crippen LogP contribution is -2.22. The molecule has 0 radical (unpaired) electrons. The van der Waals surface area contributed by atoms with Crippen LogP contribution in [0.3, 0.4) is 0 Å². The maximum atomic E-state index is 13.7. The van der Waals surface area contributed by atoms with Crippen molar-refractivity contribution in [3.05, 3.63) is 116 Å². The average molecular weight is 1110 g/mol. The first-order chi connectivity index (χ1) is 35.9. The highest BCUT2D eigenvalue weighted by Gasteiger charge is 2.31. The van der Waals surface area contributed by atoms with E-state index in [0.29, 0.717) is 30.0 Å². The highest BCUT2D eigenvalue weighted by molar-refractivity contribution is 7.99. The highest BCUT2D eigenvalue weighted by Crippen LogP contribution is 2.42. The Morgan fingerprint density at radius 3 is 1.49 bits per heavy atom. The smallest absolute Gasteiger partial charge is 0.273 e. The van der Waals surface area contributed by atoms with E-state index >= 15 is 0 Å². The van der Waals surface area contributed by atoms with Crippen molar-refractivity contribution in [2.45, 2.75) is 201 Å². The molecule has 0 aliphatic heterocycles. The zero-order chi connectivity index (χ0) is 54.2. The molecule has 0 amide bonds. The Morgan fingerprint density at radius 2 is 1.03 bits per heavy atom. The van der Waals surface area contributed by atoms with Gasteiger partial charge in [-0.1, -0.05) is 75.7 Å². The Bertz CT molecular complexity index is 3120. The van der Waals surface area contributed by atoms with E-state index in [1.54, 1.807) is 39.8 Å². The van der Waals surface area contributed by atoms with Crippen molar-refractivity contribution in [2.24, 2.45) is 0 Å². The number of benzene rings is 4. The van der Waals surface area contributed by atoms with Crippen LogP contribution in [0.25, 0.3) is 0 Å². The molecule has 0 fully saturated rings. The van der Waals surface area contributed by atoms with Crippen LogP contribution in [0.5, 0.6) is 0 Å². The summed E-state index contributed by atoms with van der Waals surface area (Å²) in [6, 6.07) is 21.3. The maximum Gasteiger partial charge on any atom is 0.273 e. The van der Waals surface area contributed by atoms with E-state index in [2.05, 4.69) is 72.1 Å². The average Bonchev–Trinajstić information content (AvgIpc) is 4.22. The van der Waals surface area contributed by atoms with Gasteiger partial charge in [0.1, 0.15) is 13.5 Å². The van der Waals surface area contributed by atoms with Crippen molar-refractivity contribution in [3.8, 4) is 0 Å². The molecule has 6 aromatic rings. The molecule has 408 valence electrons. The molecule has 0 saturated carbocycles. The van der Waals surface area contributed by atoms with Gasteiger partial charge in [0.15, 0.2) is 0 Å². The molecule has 18 heteroatoms. The minimum Gasteiger partial charge on any atom is -0.386 e. The quantitative estimate of drug-likeness (QED) is 0.0420. The zero-order valence-corrected chi connectivity index (χ0v) is 50.2. The molecule has 0 saturated heterocycles. The fraction of sp³-hybridized carbons (Fsp3) is 0.517. The van der Waals surface area contributed by atoms with Crippen LogP contribution >= 0.6 is 11.8 Å². The number of fused-ring (bicyclic) bond motifs is 4. The fourth-order valence-electron chi connectivity index (χ4n) is 10.6. The number of hydrogen-bond donors (Lipinski definition) is 4. The molecule has 76 heavy (non-hydrogen) atoms. The van der Waals surface area contributed by atoms with E-state index in [1.165, 1.54) is 104 Å². The first-order valence-electron chi connectivity index (χ1n) is 27.4. The zero-order valence-electron chi connectivity index (χ0n) is 46.5. The van der Waals surface area contributed by atoms with Crippen molar-refractivity contribution in [2.75, 3.05) is 23.8 Å². The van der Waals surface area contributed by atoms with E-state index in [1.807, 2.05) is 28.9 Å². The van der Waals surface area contributed by atoms with Gasteiger partial charge < -0.3 is 30.3 Å². The Labute approximate surface area is 457 Å². The molecule has 14 nitrogen and oxygen atoms in total. The van der Waals surface area contributed by atoms with Crippen LogP contribution in [0.15, 0.2) is 80.8 Å². The third-order valence-corrected chi connectivity index (χ3v) is 20.8. The third kappa shape index (κ3) is 13.4. The molecule has 0 atom stereocenters. The van der Waals surface area contributed by atoms with Crippen molar-refractivity contribution < 1.29 is 28.1 Å². The summed E-state index contributed by atoms with van der Waals surface area (Å²) in [6.45, 7) is 22.7. The van der Waals surface area contributed by atoms with Gasteiger partial charge in [0, 0.05) is 45.6 Å². The molecule has 4 N–H and O–H groups in total. The summed E-state index contributed by atoms with van der Waals surface area (Å²) in [5, 5.41) is 37.8. The largest absolute Gasteiger partial charge is 0.386 e. The van der Waals surface area contributed by atoms with Crippen LogP contribution in [0, 0.1) is 0 Å². The van der Waals surface area contributed by atoms with Gasteiger partial charge in [0.05, 0.1) is 16.1 Å². The number of aryl methyl sites for hydroxylation is 4. The van der Waals surface area contributed by atoms with Gasteiger partial charge in [-0.05, 0) is 208 Å². The first kappa shape index (κ1) is 56.1. The predicted octanol–water partition coefficient (Wildman–Crippen LogP) is 12.1. The van der Waals surface area contributed by atoms with Crippen LogP contribution in [0.4, 0.5) is 23.3 Å². The Kier molecular flexibility index (Phi) is 16.7. The Hall–Kier alpha value is -4.67. The second-order valence-electron chi connectivity index (χ2n) is 24.6. The minimum atomic E-state index is -4.04. The molecule has 0 unspecified atom stereocenters. The lowest BCUT2D eigenvalue weighted by atomic mass is 9.99. The number of hydrogen-bond acceptors (Lipinski definition) is 13. The third-order valence-electron chi connectivity index (χ3n) is 15.0. The van der Waals surface area contributed by atoms with E-state index in [0.717, 1.165) is 92.2 Å². The van der Waals surface area contributed by atoms with Crippen LogP contribution in [-0.2, 0) is 95.3 Å². The summed E-state index contributed by atoms with van der Waals surface area (Å²) in [7, 11) is -6.49.